The van der Waals surface area contributed by atoms with Gasteiger partial charge in [0.05, 0.1) is 0 Å². The molecule has 13 heavy (non-hydrogen) atoms. The van der Waals surface area contributed by atoms with Gasteiger partial charge in [0.2, 0.25) is 0 Å². The summed E-state index contributed by atoms with van der Waals surface area (Å²) in [6, 6.07) is 0. The van der Waals surface area contributed by atoms with E-state index in [0.717, 1.165) is 0 Å². The Balaban J connectivity index is 2.39. The van der Waals surface area contributed by atoms with Crippen LogP contribution in [-0.2, 0) is 0 Å². The molecular weight excluding hydrogens is 158 g/mol. The first kappa shape index (κ1) is 10.6. The van der Waals surface area contributed by atoms with Gasteiger partial charge in [-0.1, -0.05) is 32.8 Å². The SMILES string of the molecule is CCCCN1CCCC=C1CCC. The van der Waals surface area contributed by atoms with E-state index in [1.54, 1.807) is 5.70 Å². The van der Waals surface area contributed by atoms with Crippen LogP contribution in [0, 0.1) is 0 Å². The van der Waals surface area contributed by atoms with Gasteiger partial charge in [0.15, 0.2) is 0 Å². The zero-order valence-electron chi connectivity index (χ0n) is 9.18. The average Bonchev–Trinajstić information content (AvgIpc) is 2.17. The maximum Gasteiger partial charge on any atom is 0.0177 e. The molecule has 0 amide bonds. The Morgan fingerprint density at radius 2 is 2.15 bits per heavy atom. The highest BCUT2D eigenvalue weighted by atomic mass is 15.1. The fourth-order valence-corrected chi connectivity index (χ4v) is 1.94. The summed E-state index contributed by atoms with van der Waals surface area (Å²) >= 11 is 0. The molecule has 0 saturated carbocycles. The normalized spacial score (nSPS) is 17.4. The maximum absolute atomic E-state index is 2.59. The van der Waals surface area contributed by atoms with Gasteiger partial charge in [-0.3, -0.25) is 0 Å². The summed E-state index contributed by atoms with van der Waals surface area (Å²) in [4.78, 5) is 2.59. The first-order chi connectivity index (χ1) is 6.38. The van der Waals surface area contributed by atoms with E-state index < -0.39 is 0 Å². The zero-order chi connectivity index (χ0) is 9.52. The molecule has 1 heterocycles. The van der Waals surface area contributed by atoms with Gasteiger partial charge in [-0.15, -0.1) is 0 Å². The highest BCUT2D eigenvalue weighted by molar-refractivity contribution is 5.04. The maximum atomic E-state index is 2.59. The minimum atomic E-state index is 1.28. The summed E-state index contributed by atoms with van der Waals surface area (Å²) in [5.74, 6) is 0. The summed E-state index contributed by atoms with van der Waals surface area (Å²) in [5, 5.41) is 0. The van der Waals surface area contributed by atoms with Crippen molar-refractivity contribution in [1.82, 2.24) is 4.90 Å². The van der Waals surface area contributed by atoms with E-state index in [9.17, 15) is 0 Å². The molecule has 0 saturated heterocycles. The summed E-state index contributed by atoms with van der Waals surface area (Å²) in [6.07, 6.45) is 10.3. The van der Waals surface area contributed by atoms with Crippen molar-refractivity contribution in [2.75, 3.05) is 13.1 Å². The molecule has 76 valence electrons. The fourth-order valence-electron chi connectivity index (χ4n) is 1.94. The van der Waals surface area contributed by atoms with E-state index in [1.807, 2.05) is 0 Å². The lowest BCUT2D eigenvalue weighted by atomic mass is 10.1. The molecule has 0 aromatic heterocycles. The number of allylic oxidation sites excluding steroid dienone is 2. The van der Waals surface area contributed by atoms with Crippen LogP contribution in [0.15, 0.2) is 11.8 Å². The van der Waals surface area contributed by atoms with Crippen LogP contribution in [0.2, 0.25) is 0 Å². The molecule has 0 bridgehead atoms. The van der Waals surface area contributed by atoms with Crippen molar-refractivity contribution in [3.8, 4) is 0 Å². The Bertz CT molecular complexity index is 161. The number of unbranched alkanes of at least 4 members (excludes halogenated alkanes) is 1. The Labute approximate surface area is 82.8 Å². The number of hydrogen-bond acceptors (Lipinski definition) is 1. The third kappa shape index (κ3) is 3.41. The molecule has 1 rings (SSSR count). The Hall–Kier alpha value is -0.460. The van der Waals surface area contributed by atoms with Crippen LogP contribution >= 0.6 is 0 Å². The lowest BCUT2D eigenvalue weighted by molar-refractivity contribution is 0.305. The highest BCUT2D eigenvalue weighted by Crippen LogP contribution is 2.19. The van der Waals surface area contributed by atoms with Gasteiger partial charge in [-0.2, -0.15) is 0 Å². The lowest BCUT2D eigenvalue weighted by Crippen LogP contribution is -2.27. The number of rotatable bonds is 5. The van der Waals surface area contributed by atoms with Gasteiger partial charge < -0.3 is 4.90 Å². The van der Waals surface area contributed by atoms with Crippen LogP contribution < -0.4 is 0 Å². The molecule has 0 N–H and O–H groups in total. The second-order valence-electron chi connectivity index (χ2n) is 3.93. The van der Waals surface area contributed by atoms with Gasteiger partial charge in [0.1, 0.15) is 0 Å². The summed E-state index contributed by atoms with van der Waals surface area (Å²) in [6.45, 7) is 7.12. The summed E-state index contributed by atoms with van der Waals surface area (Å²) < 4.78 is 0. The fraction of sp³-hybridized carbons (Fsp3) is 0.833. The highest BCUT2D eigenvalue weighted by Gasteiger charge is 2.11. The standard InChI is InChI=1S/C12H23N/c1-3-5-10-13-11-7-6-9-12(13)8-4-2/h9H,3-8,10-11H2,1-2H3. The minimum absolute atomic E-state index is 1.28. The van der Waals surface area contributed by atoms with Crippen LogP contribution in [0.25, 0.3) is 0 Å². The molecule has 0 unspecified atom stereocenters. The average molecular weight is 181 g/mol. The molecular formula is C12H23N. The van der Waals surface area contributed by atoms with Crippen LogP contribution in [-0.4, -0.2) is 18.0 Å². The molecule has 0 radical (unpaired) electrons. The van der Waals surface area contributed by atoms with E-state index in [2.05, 4.69) is 24.8 Å². The lowest BCUT2D eigenvalue weighted by Gasteiger charge is -2.30. The van der Waals surface area contributed by atoms with Gasteiger partial charge >= 0.3 is 0 Å². The molecule has 0 aromatic carbocycles. The minimum Gasteiger partial charge on any atom is -0.375 e. The molecule has 1 aliphatic rings. The van der Waals surface area contributed by atoms with Gasteiger partial charge in [0, 0.05) is 18.8 Å². The van der Waals surface area contributed by atoms with E-state index in [0.29, 0.717) is 0 Å². The molecule has 1 heteroatoms. The van der Waals surface area contributed by atoms with Crippen molar-refractivity contribution < 1.29 is 0 Å². The van der Waals surface area contributed by atoms with Gasteiger partial charge in [-0.25, -0.2) is 0 Å². The Kier molecular flexibility index (Phi) is 4.95. The van der Waals surface area contributed by atoms with Crippen LogP contribution in [0.1, 0.15) is 52.4 Å². The quantitative estimate of drug-likeness (QED) is 0.627. The van der Waals surface area contributed by atoms with Crippen molar-refractivity contribution >= 4 is 0 Å². The largest absolute Gasteiger partial charge is 0.375 e. The number of hydrogen-bond donors (Lipinski definition) is 0. The molecule has 0 aromatic rings. The van der Waals surface area contributed by atoms with Gasteiger partial charge in [0.25, 0.3) is 0 Å². The first-order valence-corrected chi connectivity index (χ1v) is 5.82. The Morgan fingerprint density at radius 3 is 2.85 bits per heavy atom. The summed E-state index contributed by atoms with van der Waals surface area (Å²) in [7, 11) is 0. The van der Waals surface area contributed by atoms with Crippen molar-refractivity contribution in [3.63, 3.8) is 0 Å². The van der Waals surface area contributed by atoms with Crippen LogP contribution in [0.5, 0.6) is 0 Å². The zero-order valence-corrected chi connectivity index (χ0v) is 9.18. The van der Waals surface area contributed by atoms with Crippen molar-refractivity contribution in [2.24, 2.45) is 0 Å². The predicted molar refractivity (Wildman–Crippen MR) is 58.7 cm³/mol. The molecule has 0 spiro atoms. The van der Waals surface area contributed by atoms with E-state index in [4.69, 9.17) is 0 Å². The second kappa shape index (κ2) is 6.06. The van der Waals surface area contributed by atoms with Crippen LogP contribution in [0.4, 0.5) is 0 Å². The monoisotopic (exact) mass is 181 g/mol. The molecule has 1 aliphatic heterocycles. The number of nitrogens with zero attached hydrogens (tertiary/aromatic N) is 1. The van der Waals surface area contributed by atoms with Crippen molar-refractivity contribution in [3.05, 3.63) is 11.8 Å². The predicted octanol–water partition coefficient (Wildman–Crippen LogP) is 3.57. The smallest absolute Gasteiger partial charge is 0.0177 e. The molecule has 0 aliphatic carbocycles. The topological polar surface area (TPSA) is 3.24 Å². The van der Waals surface area contributed by atoms with Crippen LogP contribution in [0.3, 0.4) is 0 Å². The second-order valence-corrected chi connectivity index (χ2v) is 3.93. The Morgan fingerprint density at radius 1 is 1.31 bits per heavy atom. The van der Waals surface area contributed by atoms with E-state index >= 15 is 0 Å². The van der Waals surface area contributed by atoms with E-state index in [1.165, 1.54) is 51.6 Å². The molecule has 1 nitrogen and oxygen atoms in total. The molecule has 0 fully saturated rings. The molecule has 0 atom stereocenters. The van der Waals surface area contributed by atoms with E-state index in [-0.39, 0.29) is 0 Å². The third-order valence-corrected chi connectivity index (χ3v) is 2.71. The first-order valence-electron chi connectivity index (χ1n) is 5.82. The van der Waals surface area contributed by atoms with Crippen molar-refractivity contribution in [1.29, 1.82) is 0 Å². The third-order valence-electron chi connectivity index (χ3n) is 2.71. The van der Waals surface area contributed by atoms with Crippen molar-refractivity contribution in [2.45, 2.75) is 52.4 Å². The summed E-state index contributed by atoms with van der Waals surface area (Å²) in [5.41, 5.74) is 1.61. The van der Waals surface area contributed by atoms with Gasteiger partial charge in [-0.05, 0) is 25.7 Å².